The minimum absolute atomic E-state index is 0.109. The Labute approximate surface area is 113 Å². The summed E-state index contributed by atoms with van der Waals surface area (Å²) in [6.07, 6.45) is 0. The van der Waals surface area contributed by atoms with Crippen LogP contribution in [0.4, 0.5) is 0 Å². The third kappa shape index (κ3) is 3.00. The number of esters is 1. The molecule has 0 atom stereocenters. The number of nitrogens with zero attached hydrogens (tertiary/aromatic N) is 2. The van der Waals surface area contributed by atoms with Gasteiger partial charge in [0.1, 0.15) is 0 Å². The van der Waals surface area contributed by atoms with Crippen LogP contribution in [0.1, 0.15) is 22.1 Å². The molecule has 0 bridgehead atoms. The highest BCUT2D eigenvalue weighted by Gasteiger charge is 2.14. The van der Waals surface area contributed by atoms with Gasteiger partial charge in [-0.3, -0.25) is 0 Å². The molecule has 1 aromatic heterocycles. The Bertz CT molecular complexity index is 583. The van der Waals surface area contributed by atoms with Crippen LogP contribution in [0.15, 0.2) is 22.7 Å². The fourth-order valence-electron chi connectivity index (χ4n) is 1.26. The van der Waals surface area contributed by atoms with Crippen LogP contribution in [0.3, 0.4) is 0 Å². The van der Waals surface area contributed by atoms with Crippen molar-refractivity contribution in [1.82, 2.24) is 10.1 Å². The van der Waals surface area contributed by atoms with Gasteiger partial charge >= 0.3 is 5.97 Å². The highest BCUT2D eigenvalue weighted by atomic mass is 35.5. The molecule has 0 saturated heterocycles. The molecule has 2 rings (SSSR count). The Kier molecular flexibility index (Phi) is 3.84. The van der Waals surface area contributed by atoms with Crippen LogP contribution in [0.25, 0.3) is 0 Å². The van der Waals surface area contributed by atoms with Gasteiger partial charge < -0.3 is 9.26 Å². The molecule has 0 fully saturated rings. The molecule has 0 aliphatic rings. The first-order valence-electron chi connectivity index (χ1n) is 4.97. The maximum absolute atomic E-state index is 11.7. The van der Waals surface area contributed by atoms with Crippen LogP contribution in [-0.4, -0.2) is 16.1 Å². The average Bonchev–Trinajstić information content (AvgIpc) is 2.75. The molecular formula is C11H8Cl2N2O3. The van der Waals surface area contributed by atoms with Gasteiger partial charge in [-0.1, -0.05) is 28.4 Å². The molecule has 0 amide bonds. The third-order valence-corrected chi connectivity index (χ3v) is 2.61. The van der Waals surface area contributed by atoms with Gasteiger partial charge in [0.2, 0.25) is 0 Å². The van der Waals surface area contributed by atoms with E-state index in [2.05, 4.69) is 10.1 Å². The number of rotatable bonds is 3. The number of halogens is 2. The van der Waals surface area contributed by atoms with Gasteiger partial charge in [-0.05, 0) is 25.1 Å². The minimum atomic E-state index is -0.599. The fourth-order valence-corrected chi connectivity index (χ4v) is 1.62. The van der Waals surface area contributed by atoms with Crippen LogP contribution >= 0.6 is 23.2 Å². The number of carbonyl (C=O) groups is 1. The second-order valence-electron chi connectivity index (χ2n) is 3.44. The maximum atomic E-state index is 11.7. The zero-order valence-corrected chi connectivity index (χ0v) is 10.8. The molecule has 1 aromatic carbocycles. The number of aryl methyl sites for hydroxylation is 1. The van der Waals surface area contributed by atoms with E-state index in [1.807, 2.05) is 0 Å². The van der Waals surface area contributed by atoms with Crippen molar-refractivity contribution in [2.24, 2.45) is 0 Å². The monoisotopic (exact) mass is 286 g/mol. The molecule has 2 aromatic rings. The van der Waals surface area contributed by atoms with E-state index in [9.17, 15) is 4.79 Å². The van der Waals surface area contributed by atoms with Crippen molar-refractivity contribution in [2.45, 2.75) is 13.5 Å². The molecular weight excluding hydrogens is 279 g/mol. The molecule has 0 unspecified atom stereocenters. The van der Waals surface area contributed by atoms with Crippen LogP contribution in [-0.2, 0) is 11.3 Å². The van der Waals surface area contributed by atoms with Crippen LogP contribution in [0.2, 0.25) is 10.0 Å². The highest BCUT2D eigenvalue weighted by molar-refractivity contribution is 6.35. The van der Waals surface area contributed by atoms with Gasteiger partial charge in [0, 0.05) is 5.02 Å². The largest absolute Gasteiger partial charge is 0.452 e. The first-order valence-corrected chi connectivity index (χ1v) is 5.73. The van der Waals surface area contributed by atoms with Crippen LogP contribution < -0.4 is 0 Å². The van der Waals surface area contributed by atoms with Crippen LogP contribution in [0, 0.1) is 6.92 Å². The molecule has 5 nitrogen and oxygen atoms in total. The molecule has 0 N–H and O–H groups in total. The summed E-state index contributed by atoms with van der Waals surface area (Å²) in [7, 11) is 0. The number of carbonyl (C=O) groups excluding carboxylic acids is 1. The van der Waals surface area contributed by atoms with E-state index in [1.165, 1.54) is 12.1 Å². The summed E-state index contributed by atoms with van der Waals surface area (Å²) in [4.78, 5) is 15.6. The first kappa shape index (κ1) is 12.9. The van der Waals surface area contributed by atoms with Crippen molar-refractivity contribution in [2.75, 3.05) is 0 Å². The number of hydrogen-bond acceptors (Lipinski definition) is 5. The molecule has 94 valence electrons. The van der Waals surface area contributed by atoms with E-state index in [4.69, 9.17) is 32.5 Å². The lowest BCUT2D eigenvalue weighted by atomic mass is 10.2. The Morgan fingerprint density at radius 1 is 1.44 bits per heavy atom. The highest BCUT2D eigenvalue weighted by Crippen LogP contribution is 2.21. The zero-order valence-electron chi connectivity index (χ0n) is 9.31. The molecule has 0 aliphatic carbocycles. The lowest BCUT2D eigenvalue weighted by Gasteiger charge is -2.04. The zero-order chi connectivity index (χ0) is 13.1. The number of benzene rings is 1. The Balaban J connectivity index is 2.05. The lowest BCUT2D eigenvalue weighted by Crippen LogP contribution is -2.06. The third-order valence-electron chi connectivity index (χ3n) is 2.04. The molecule has 18 heavy (non-hydrogen) atoms. The quantitative estimate of drug-likeness (QED) is 0.812. The van der Waals surface area contributed by atoms with E-state index in [-0.39, 0.29) is 23.1 Å². The summed E-state index contributed by atoms with van der Waals surface area (Å²) in [5.74, 6) is 0.0965. The van der Waals surface area contributed by atoms with Gasteiger partial charge in [0.25, 0.3) is 5.89 Å². The molecule has 0 spiro atoms. The van der Waals surface area contributed by atoms with Gasteiger partial charge in [-0.15, -0.1) is 0 Å². The fraction of sp³-hybridized carbons (Fsp3) is 0.182. The number of hydrogen-bond donors (Lipinski definition) is 0. The SMILES string of the molecule is Cc1noc(COC(=O)c2cc(Cl)ccc2Cl)n1. The molecule has 1 heterocycles. The van der Waals surface area contributed by atoms with Crippen molar-refractivity contribution in [3.63, 3.8) is 0 Å². The first-order chi connectivity index (χ1) is 8.56. The lowest BCUT2D eigenvalue weighted by molar-refractivity contribution is 0.0430. The number of ether oxygens (including phenoxy) is 1. The molecule has 0 saturated carbocycles. The normalized spacial score (nSPS) is 10.4. The summed E-state index contributed by atoms with van der Waals surface area (Å²) in [5, 5.41) is 4.25. The minimum Gasteiger partial charge on any atom is -0.452 e. The Hall–Kier alpha value is -1.59. The predicted octanol–water partition coefficient (Wildman–Crippen LogP) is 3.04. The smallest absolute Gasteiger partial charge is 0.340 e. The van der Waals surface area contributed by atoms with Crippen molar-refractivity contribution >= 4 is 29.2 Å². The van der Waals surface area contributed by atoms with Crippen molar-refractivity contribution in [1.29, 1.82) is 0 Å². The molecule has 7 heteroatoms. The van der Waals surface area contributed by atoms with Crippen LogP contribution in [0.5, 0.6) is 0 Å². The summed E-state index contributed by atoms with van der Waals surface area (Å²) >= 11 is 11.6. The summed E-state index contributed by atoms with van der Waals surface area (Å²) < 4.78 is 9.79. The summed E-state index contributed by atoms with van der Waals surface area (Å²) in [6, 6.07) is 4.55. The van der Waals surface area contributed by atoms with Crippen molar-refractivity contribution in [3.8, 4) is 0 Å². The Morgan fingerprint density at radius 2 is 2.22 bits per heavy atom. The van der Waals surface area contributed by atoms with E-state index < -0.39 is 5.97 Å². The van der Waals surface area contributed by atoms with Crippen molar-refractivity contribution in [3.05, 3.63) is 45.5 Å². The summed E-state index contributed by atoms with van der Waals surface area (Å²) in [5.41, 5.74) is 0.195. The Morgan fingerprint density at radius 3 is 2.89 bits per heavy atom. The van der Waals surface area contributed by atoms with E-state index in [0.717, 1.165) is 0 Å². The second kappa shape index (κ2) is 5.37. The predicted molar refractivity (Wildman–Crippen MR) is 64.6 cm³/mol. The van der Waals surface area contributed by atoms with Gasteiger partial charge in [-0.25, -0.2) is 4.79 Å². The topological polar surface area (TPSA) is 65.2 Å². The van der Waals surface area contributed by atoms with Gasteiger partial charge in [-0.2, -0.15) is 4.98 Å². The second-order valence-corrected chi connectivity index (χ2v) is 4.28. The van der Waals surface area contributed by atoms with Gasteiger partial charge in [0.05, 0.1) is 10.6 Å². The standard InChI is InChI=1S/C11H8Cl2N2O3/c1-6-14-10(18-15-6)5-17-11(16)8-4-7(12)2-3-9(8)13/h2-4H,5H2,1H3. The van der Waals surface area contributed by atoms with E-state index in [0.29, 0.717) is 10.8 Å². The number of aromatic nitrogens is 2. The average molecular weight is 287 g/mol. The molecule has 0 radical (unpaired) electrons. The van der Waals surface area contributed by atoms with E-state index in [1.54, 1.807) is 13.0 Å². The van der Waals surface area contributed by atoms with E-state index >= 15 is 0 Å². The van der Waals surface area contributed by atoms with Gasteiger partial charge in [0.15, 0.2) is 12.4 Å². The molecule has 0 aliphatic heterocycles. The maximum Gasteiger partial charge on any atom is 0.340 e. The van der Waals surface area contributed by atoms with Crippen molar-refractivity contribution < 1.29 is 14.1 Å². The summed E-state index contributed by atoms with van der Waals surface area (Å²) in [6.45, 7) is 1.56.